The van der Waals surface area contributed by atoms with Crippen molar-refractivity contribution in [2.24, 2.45) is 5.10 Å². The van der Waals surface area contributed by atoms with Crippen LogP contribution in [0.3, 0.4) is 0 Å². The third-order valence-electron chi connectivity index (χ3n) is 2.97. The second-order valence-corrected chi connectivity index (χ2v) is 5.39. The van der Waals surface area contributed by atoms with Crippen LogP contribution in [0.2, 0.25) is 5.02 Å². The van der Waals surface area contributed by atoms with Gasteiger partial charge in [-0.05, 0) is 49.7 Å². The number of amides is 2. The van der Waals surface area contributed by atoms with E-state index >= 15 is 0 Å². The van der Waals surface area contributed by atoms with E-state index in [9.17, 15) is 9.59 Å². The Bertz CT molecular complexity index is 739. The molecule has 23 heavy (non-hydrogen) atoms. The molecule has 0 aliphatic carbocycles. The lowest BCUT2D eigenvalue weighted by molar-refractivity contribution is -0.115. The number of rotatable bonds is 5. The molecule has 0 spiro atoms. The zero-order valence-corrected chi connectivity index (χ0v) is 13.5. The molecule has 0 aliphatic heterocycles. The first-order chi connectivity index (χ1) is 11.0. The number of nitrogens with zero attached hydrogens (tertiary/aromatic N) is 1. The fourth-order valence-corrected chi connectivity index (χ4v) is 2.07. The first-order valence-electron chi connectivity index (χ1n) is 6.88. The molecular weight excluding hydrogens is 318 g/mol. The lowest BCUT2D eigenvalue weighted by atomic mass is 10.2. The van der Waals surface area contributed by atoms with Crippen molar-refractivity contribution in [2.45, 2.75) is 20.3 Å². The molecule has 1 heterocycles. The summed E-state index contributed by atoms with van der Waals surface area (Å²) in [6.45, 7) is 3.50. The van der Waals surface area contributed by atoms with Crippen LogP contribution in [-0.2, 0) is 4.79 Å². The van der Waals surface area contributed by atoms with Gasteiger partial charge >= 0.3 is 5.91 Å². The Kier molecular flexibility index (Phi) is 5.54. The number of halogens is 1. The number of benzene rings is 1. The van der Waals surface area contributed by atoms with E-state index in [1.807, 2.05) is 6.92 Å². The topological polar surface area (TPSA) is 83.7 Å². The molecule has 0 atom stereocenters. The van der Waals surface area contributed by atoms with E-state index in [2.05, 4.69) is 15.8 Å². The van der Waals surface area contributed by atoms with E-state index in [1.165, 1.54) is 12.3 Å². The third-order valence-corrected chi connectivity index (χ3v) is 3.21. The average Bonchev–Trinajstić information content (AvgIpc) is 3.02. The van der Waals surface area contributed by atoms with Crippen molar-refractivity contribution in [3.63, 3.8) is 0 Å². The van der Waals surface area contributed by atoms with Gasteiger partial charge in [0.1, 0.15) is 0 Å². The van der Waals surface area contributed by atoms with Gasteiger partial charge < -0.3 is 9.73 Å². The van der Waals surface area contributed by atoms with Crippen LogP contribution < -0.4 is 10.7 Å². The molecule has 2 N–H and O–H groups in total. The summed E-state index contributed by atoms with van der Waals surface area (Å²) in [5, 5.41) is 7.26. The number of carbonyl (C=O) groups excluding carboxylic acids is 2. The van der Waals surface area contributed by atoms with Crippen molar-refractivity contribution in [1.82, 2.24) is 5.43 Å². The molecule has 0 fully saturated rings. The minimum Gasteiger partial charge on any atom is -0.459 e. The fraction of sp³-hybridized carbons (Fsp3) is 0.188. The average molecular weight is 334 g/mol. The van der Waals surface area contributed by atoms with E-state index in [1.54, 1.807) is 31.2 Å². The van der Waals surface area contributed by atoms with Crippen molar-refractivity contribution in [1.29, 1.82) is 0 Å². The molecule has 2 rings (SSSR count). The normalized spacial score (nSPS) is 11.2. The minimum absolute atomic E-state index is 0.0561. The van der Waals surface area contributed by atoms with Crippen molar-refractivity contribution < 1.29 is 14.0 Å². The van der Waals surface area contributed by atoms with Gasteiger partial charge in [-0.1, -0.05) is 11.6 Å². The molecular formula is C16H16ClN3O3. The van der Waals surface area contributed by atoms with Gasteiger partial charge in [0.05, 0.1) is 12.7 Å². The standard InChI is InChI=1S/C16H16ClN3O3/c1-10-8-12(17)5-6-13(10)18-15(21)9-11(2)19-20-16(22)14-4-3-7-23-14/h3-8H,9H2,1-2H3,(H,18,21)(H,20,22)/b19-11+. The second kappa shape index (κ2) is 7.60. The molecule has 7 heteroatoms. The molecule has 0 unspecified atom stereocenters. The van der Waals surface area contributed by atoms with E-state index in [0.717, 1.165) is 5.56 Å². The summed E-state index contributed by atoms with van der Waals surface area (Å²) >= 11 is 5.87. The zero-order valence-electron chi connectivity index (χ0n) is 12.7. The summed E-state index contributed by atoms with van der Waals surface area (Å²) in [6, 6.07) is 8.33. The van der Waals surface area contributed by atoms with E-state index in [-0.39, 0.29) is 18.1 Å². The summed E-state index contributed by atoms with van der Waals surface area (Å²) in [5.41, 5.74) is 4.35. The van der Waals surface area contributed by atoms with Gasteiger partial charge in [-0.2, -0.15) is 5.10 Å². The summed E-state index contributed by atoms with van der Waals surface area (Å²) in [6.07, 6.45) is 1.45. The van der Waals surface area contributed by atoms with Gasteiger partial charge in [0, 0.05) is 16.4 Å². The highest BCUT2D eigenvalue weighted by Crippen LogP contribution is 2.19. The van der Waals surface area contributed by atoms with E-state index < -0.39 is 5.91 Å². The maximum Gasteiger partial charge on any atom is 0.307 e. The lowest BCUT2D eigenvalue weighted by Gasteiger charge is -2.08. The highest BCUT2D eigenvalue weighted by atomic mass is 35.5. The Hall–Kier alpha value is -2.60. The fourth-order valence-electron chi connectivity index (χ4n) is 1.84. The molecule has 2 aromatic rings. The third kappa shape index (κ3) is 4.96. The van der Waals surface area contributed by atoms with Crippen LogP contribution >= 0.6 is 11.6 Å². The predicted molar refractivity (Wildman–Crippen MR) is 88.7 cm³/mol. The number of aryl methyl sites for hydroxylation is 1. The Balaban J connectivity index is 1.89. The number of hydrogen-bond acceptors (Lipinski definition) is 4. The zero-order chi connectivity index (χ0) is 16.8. The Morgan fingerprint density at radius 1 is 1.30 bits per heavy atom. The molecule has 1 aromatic heterocycles. The monoisotopic (exact) mass is 333 g/mol. The quantitative estimate of drug-likeness (QED) is 0.650. The van der Waals surface area contributed by atoms with Gasteiger partial charge in [-0.3, -0.25) is 9.59 Å². The highest BCUT2D eigenvalue weighted by Gasteiger charge is 2.09. The molecule has 2 amide bonds. The molecule has 0 aliphatic rings. The Morgan fingerprint density at radius 2 is 2.09 bits per heavy atom. The van der Waals surface area contributed by atoms with Gasteiger partial charge in [-0.25, -0.2) is 5.43 Å². The Labute approximate surface area is 138 Å². The molecule has 0 radical (unpaired) electrons. The molecule has 1 aromatic carbocycles. The number of carbonyl (C=O) groups is 2. The number of hydrazone groups is 1. The molecule has 0 bridgehead atoms. The van der Waals surface area contributed by atoms with Crippen LogP contribution in [0.25, 0.3) is 0 Å². The summed E-state index contributed by atoms with van der Waals surface area (Å²) in [4.78, 5) is 23.6. The highest BCUT2D eigenvalue weighted by molar-refractivity contribution is 6.30. The summed E-state index contributed by atoms with van der Waals surface area (Å²) < 4.78 is 4.94. The summed E-state index contributed by atoms with van der Waals surface area (Å²) in [7, 11) is 0. The van der Waals surface area contributed by atoms with Crippen LogP contribution in [-0.4, -0.2) is 17.5 Å². The Morgan fingerprint density at radius 3 is 2.74 bits per heavy atom. The summed E-state index contributed by atoms with van der Waals surface area (Å²) in [5.74, 6) is -0.546. The maximum atomic E-state index is 12.0. The van der Waals surface area contributed by atoms with Crippen LogP contribution in [0.15, 0.2) is 46.1 Å². The minimum atomic E-state index is -0.469. The van der Waals surface area contributed by atoms with Crippen molar-refractivity contribution >= 4 is 34.8 Å². The second-order valence-electron chi connectivity index (χ2n) is 4.95. The van der Waals surface area contributed by atoms with Gasteiger partial charge in [-0.15, -0.1) is 0 Å². The SMILES string of the molecule is C/C(CC(=O)Nc1ccc(Cl)cc1C)=N\NC(=O)c1ccco1. The molecule has 0 saturated carbocycles. The van der Waals surface area contributed by atoms with Gasteiger partial charge in [0.25, 0.3) is 0 Å². The van der Waals surface area contributed by atoms with Crippen LogP contribution in [0.5, 0.6) is 0 Å². The van der Waals surface area contributed by atoms with Crippen molar-refractivity contribution in [3.8, 4) is 0 Å². The molecule has 6 nitrogen and oxygen atoms in total. The van der Waals surface area contributed by atoms with Crippen molar-refractivity contribution in [3.05, 3.63) is 52.9 Å². The predicted octanol–water partition coefficient (Wildman–Crippen LogP) is 3.38. The first kappa shape index (κ1) is 16.8. The number of anilines is 1. The molecule has 120 valence electrons. The largest absolute Gasteiger partial charge is 0.459 e. The van der Waals surface area contributed by atoms with E-state index in [4.69, 9.17) is 16.0 Å². The van der Waals surface area contributed by atoms with Gasteiger partial charge in [0.15, 0.2) is 5.76 Å². The van der Waals surface area contributed by atoms with E-state index in [0.29, 0.717) is 16.4 Å². The van der Waals surface area contributed by atoms with Crippen LogP contribution in [0, 0.1) is 6.92 Å². The number of furan rings is 1. The first-order valence-corrected chi connectivity index (χ1v) is 7.26. The van der Waals surface area contributed by atoms with Crippen LogP contribution in [0.1, 0.15) is 29.5 Å². The lowest BCUT2D eigenvalue weighted by Crippen LogP contribution is -2.21. The van der Waals surface area contributed by atoms with Crippen LogP contribution in [0.4, 0.5) is 5.69 Å². The maximum absolute atomic E-state index is 12.0. The molecule has 0 saturated heterocycles. The van der Waals surface area contributed by atoms with Gasteiger partial charge in [0.2, 0.25) is 5.91 Å². The number of nitrogens with one attached hydrogen (secondary N) is 2. The number of hydrogen-bond donors (Lipinski definition) is 2. The van der Waals surface area contributed by atoms with Crippen molar-refractivity contribution in [2.75, 3.05) is 5.32 Å². The smallest absolute Gasteiger partial charge is 0.307 e.